The maximum atomic E-state index is 13.6. The Morgan fingerprint density at radius 1 is 1.09 bits per heavy atom. The standard InChI is InChI=1S/C27H29NO5/c1-15(2)33-27(31)24-16(3)28-20-12-19(17-8-6-5-7-9-17)13-22(30)26(20)25(24)18-10-11-21(29)23(14-18)32-4/h5-11,14-15,19,25,28-29H,12-13H2,1-4H3. The molecule has 0 fully saturated rings. The van der Waals surface area contributed by atoms with Gasteiger partial charge in [-0.1, -0.05) is 36.4 Å². The summed E-state index contributed by atoms with van der Waals surface area (Å²) in [6.45, 7) is 5.43. The number of carbonyl (C=O) groups excluding carboxylic acids is 2. The molecular weight excluding hydrogens is 418 g/mol. The molecule has 1 aliphatic carbocycles. The molecule has 2 unspecified atom stereocenters. The molecule has 172 valence electrons. The highest BCUT2D eigenvalue weighted by molar-refractivity contribution is 6.04. The molecule has 0 spiro atoms. The largest absolute Gasteiger partial charge is 0.504 e. The van der Waals surface area contributed by atoms with Gasteiger partial charge in [-0.15, -0.1) is 0 Å². The first-order chi connectivity index (χ1) is 15.8. The number of aromatic hydroxyl groups is 1. The number of carbonyl (C=O) groups is 2. The zero-order valence-electron chi connectivity index (χ0n) is 19.3. The van der Waals surface area contributed by atoms with Crippen molar-refractivity contribution in [1.82, 2.24) is 5.32 Å². The molecule has 0 saturated carbocycles. The Morgan fingerprint density at radius 3 is 2.48 bits per heavy atom. The lowest BCUT2D eigenvalue weighted by Gasteiger charge is -2.37. The van der Waals surface area contributed by atoms with E-state index < -0.39 is 11.9 Å². The molecule has 2 atom stereocenters. The molecule has 2 aromatic rings. The van der Waals surface area contributed by atoms with Crippen molar-refractivity contribution in [3.63, 3.8) is 0 Å². The Morgan fingerprint density at radius 2 is 1.82 bits per heavy atom. The Balaban J connectivity index is 1.83. The van der Waals surface area contributed by atoms with Crippen molar-refractivity contribution in [3.8, 4) is 11.5 Å². The van der Waals surface area contributed by atoms with Gasteiger partial charge in [0.1, 0.15) is 0 Å². The normalized spacial score (nSPS) is 20.5. The fourth-order valence-electron chi connectivity index (χ4n) is 4.76. The summed E-state index contributed by atoms with van der Waals surface area (Å²) in [5.41, 5.74) is 4.29. The quantitative estimate of drug-likeness (QED) is 0.646. The number of hydrogen-bond acceptors (Lipinski definition) is 6. The van der Waals surface area contributed by atoms with Gasteiger partial charge < -0.3 is 19.9 Å². The molecule has 6 nitrogen and oxygen atoms in total. The van der Waals surface area contributed by atoms with Crippen LogP contribution in [0.15, 0.2) is 71.1 Å². The average Bonchev–Trinajstić information content (AvgIpc) is 2.78. The van der Waals surface area contributed by atoms with E-state index in [1.165, 1.54) is 13.2 Å². The van der Waals surface area contributed by atoms with Crippen molar-refractivity contribution in [2.75, 3.05) is 7.11 Å². The second-order valence-corrected chi connectivity index (χ2v) is 8.81. The fraction of sp³-hybridized carbons (Fsp3) is 0.333. The fourth-order valence-corrected chi connectivity index (χ4v) is 4.76. The van der Waals surface area contributed by atoms with E-state index >= 15 is 0 Å². The second kappa shape index (κ2) is 9.14. The van der Waals surface area contributed by atoms with Crippen LogP contribution < -0.4 is 10.1 Å². The zero-order valence-corrected chi connectivity index (χ0v) is 19.3. The number of methoxy groups -OCH3 is 1. The van der Waals surface area contributed by atoms with Gasteiger partial charge in [0.2, 0.25) is 0 Å². The summed E-state index contributed by atoms with van der Waals surface area (Å²) in [6.07, 6.45) is 0.732. The van der Waals surface area contributed by atoms with Crippen LogP contribution in [0.5, 0.6) is 11.5 Å². The first kappa shape index (κ1) is 22.6. The third-order valence-corrected chi connectivity index (χ3v) is 6.20. The lowest BCUT2D eigenvalue weighted by molar-refractivity contribution is -0.143. The molecule has 0 amide bonds. The maximum absolute atomic E-state index is 13.6. The van der Waals surface area contributed by atoms with Crippen LogP contribution in [0, 0.1) is 0 Å². The van der Waals surface area contributed by atoms with Gasteiger partial charge in [0.05, 0.1) is 18.8 Å². The smallest absolute Gasteiger partial charge is 0.337 e. The van der Waals surface area contributed by atoms with E-state index in [-0.39, 0.29) is 29.3 Å². The number of phenolic OH excluding ortho intramolecular Hbond substituents is 1. The lowest BCUT2D eigenvalue weighted by atomic mass is 9.71. The molecule has 0 bridgehead atoms. The van der Waals surface area contributed by atoms with Crippen LogP contribution in [0.1, 0.15) is 56.6 Å². The lowest BCUT2D eigenvalue weighted by Crippen LogP contribution is -2.36. The van der Waals surface area contributed by atoms with E-state index in [1.807, 2.05) is 37.3 Å². The molecule has 33 heavy (non-hydrogen) atoms. The number of allylic oxidation sites excluding steroid dienone is 3. The maximum Gasteiger partial charge on any atom is 0.337 e. The van der Waals surface area contributed by atoms with Crippen LogP contribution in [-0.4, -0.2) is 30.1 Å². The van der Waals surface area contributed by atoms with Gasteiger partial charge >= 0.3 is 5.97 Å². The third-order valence-electron chi connectivity index (χ3n) is 6.20. The number of ketones is 1. The second-order valence-electron chi connectivity index (χ2n) is 8.81. The predicted octanol–water partition coefficient (Wildman–Crippen LogP) is 4.71. The molecular formula is C27H29NO5. The van der Waals surface area contributed by atoms with Gasteiger partial charge in [-0.05, 0) is 56.4 Å². The van der Waals surface area contributed by atoms with Crippen molar-refractivity contribution in [3.05, 3.63) is 82.2 Å². The summed E-state index contributed by atoms with van der Waals surface area (Å²) in [4.78, 5) is 26.7. The molecule has 2 N–H and O–H groups in total. The van der Waals surface area contributed by atoms with E-state index in [4.69, 9.17) is 9.47 Å². The number of ether oxygens (including phenoxy) is 2. The number of hydrogen-bond donors (Lipinski definition) is 2. The third kappa shape index (κ3) is 4.38. The van der Waals surface area contributed by atoms with Crippen molar-refractivity contribution in [1.29, 1.82) is 0 Å². The number of phenols is 1. The average molecular weight is 448 g/mol. The van der Waals surface area contributed by atoms with Crippen LogP contribution >= 0.6 is 0 Å². The molecule has 2 aliphatic rings. The summed E-state index contributed by atoms with van der Waals surface area (Å²) < 4.78 is 10.8. The summed E-state index contributed by atoms with van der Waals surface area (Å²) >= 11 is 0. The van der Waals surface area contributed by atoms with Crippen molar-refractivity contribution < 1.29 is 24.2 Å². The topological polar surface area (TPSA) is 84.9 Å². The van der Waals surface area contributed by atoms with E-state index in [2.05, 4.69) is 5.32 Å². The summed E-state index contributed by atoms with van der Waals surface area (Å²) in [5.74, 6) is -0.722. The highest BCUT2D eigenvalue weighted by Crippen LogP contribution is 2.46. The Kier molecular flexibility index (Phi) is 6.27. The monoisotopic (exact) mass is 447 g/mol. The van der Waals surface area contributed by atoms with Crippen LogP contribution in [0.25, 0.3) is 0 Å². The molecule has 0 radical (unpaired) electrons. The molecule has 1 heterocycles. The molecule has 1 aliphatic heterocycles. The highest BCUT2D eigenvalue weighted by Gasteiger charge is 2.41. The van der Waals surface area contributed by atoms with Crippen molar-refractivity contribution in [2.24, 2.45) is 0 Å². The van der Waals surface area contributed by atoms with Gasteiger partial charge in [-0.2, -0.15) is 0 Å². The van der Waals surface area contributed by atoms with E-state index in [1.54, 1.807) is 26.0 Å². The molecule has 4 rings (SSSR count). The van der Waals surface area contributed by atoms with Gasteiger partial charge in [0, 0.05) is 29.3 Å². The van der Waals surface area contributed by atoms with E-state index in [0.717, 1.165) is 11.3 Å². The minimum Gasteiger partial charge on any atom is -0.504 e. The predicted molar refractivity (Wildman–Crippen MR) is 125 cm³/mol. The van der Waals surface area contributed by atoms with E-state index in [9.17, 15) is 14.7 Å². The Bertz CT molecular complexity index is 1150. The SMILES string of the molecule is COc1cc(C2C(C(=O)OC(C)C)=C(C)NC3=C2C(=O)CC(c2ccccc2)C3)ccc1O. The first-order valence-corrected chi connectivity index (χ1v) is 11.2. The van der Waals surface area contributed by atoms with Crippen LogP contribution in [-0.2, 0) is 14.3 Å². The molecule has 6 heteroatoms. The highest BCUT2D eigenvalue weighted by atomic mass is 16.5. The number of Topliss-reactive ketones (excluding diaryl/α,β-unsaturated/α-hetero) is 1. The molecule has 0 saturated heterocycles. The molecule has 2 aromatic carbocycles. The summed E-state index contributed by atoms with van der Waals surface area (Å²) in [6, 6.07) is 14.9. The van der Waals surface area contributed by atoms with Gasteiger partial charge in [-0.3, -0.25) is 4.79 Å². The number of esters is 1. The van der Waals surface area contributed by atoms with Crippen molar-refractivity contribution in [2.45, 2.75) is 51.6 Å². The van der Waals surface area contributed by atoms with Crippen molar-refractivity contribution >= 4 is 11.8 Å². The van der Waals surface area contributed by atoms with Crippen LogP contribution in [0.3, 0.4) is 0 Å². The van der Waals surface area contributed by atoms with Crippen LogP contribution in [0.2, 0.25) is 0 Å². The summed E-state index contributed by atoms with van der Waals surface area (Å²) in [7, 11) is 1.47. The number of nitrogens with one attached hydrogen (secondary N) is 1. The van der Waals surface area contributed by atoms with Gasteiger partial charge in [0.25, 0.3) is 0 Å². The molecule has 0 aromatic heterocycles. The number of dihydropyridines is 1. The minimum absolute atomic E-state index is 0.00279. The van der Waals surface area contributed by atoms with E-state index in [0.29, 0.717) is 35.2 Å². The number of benzene rings is 2. The number of rotatable bonds is 5. The Labute approximate surface area is 193 Å². The minimum atomic E-state index is -0.605. The first-order valence-electron chi connectivity index (χ1n) is 11.2. The van der Waals surface area contributed by atoms with Gasteiger partial charge in [0.15, 0.2) is 17.3 Å². The Hall–Kier alpha value is -3.54. The van der Waals surface area contributed by atoms with Crippen LogP contribution in [0.4, 0.5) is 0 Å². The summed E-state index contributed by atoms with van der Waals surface area (Å²) in [5, 5.41) is 13.5. The van der Waals surface area contributed by atoms with Gasteiger partial charge in [-0.25, -0.2) is 4.79 Å². The zero-order chi connectivity index (χ0) is 23.7.